The maximum atomic E-state index is 2.93. The lowest BCUT2D eigenvalue weighted by Gasteiger charge is -1.92. The zero-order valence-corrected chi connectivity index (χ0v) is 9.93. The maximum absolute atomic E-state index is 2.93. The Balaban J connectivity index is 0.000000136. The molecule has 1 radical (unpaired) electrons. The molecule has 0 saturated carbocycles. The molecule has 0 heterocycles. The summed E-state index contributed by atoms with van der Waals surface area (Å²) in [7, 11) is 0. The van der Waals surface area contributed by atoms with Crippen LogP contribution in [0.3, 0.4) is 0 Å². The van der Waals surface area contributed by atoms with E-state index in [0.717, 1.165) is 0 Å². The summed E-state index contributed by atoms with van der Waals surface area (Å²) < 4.78 is 0. The Hall–Kier alpha value is -2.08. The minimum Gasteiger partial charge on any atom is -0.0616 e. The molecule has 0 fully saturated rings. The van der Waals surface area contributed by atoms with Crippen molar-refractivity contribution in [1.82, 2.24) is 0 Å². The topological polar surface area (TPSA) is 0 Å². The zero-order chi connectivity index (χ0) is 11.9. The second kappa shape index (κ2) is 5.86. The van der Waals surface area contributed by atoms with Crippen LogP contribution < -0.4 is 0 Å². The van der Waals surface area contributed by atoms with Crippen molar-refractivity contribution in [2.45, 2.75) is 6.92 Å². The average molecular weight is 219 g/mol. The molecular weight excluding hydrogens is 204 g/mol. The van der Waals surface area contributed by atoms with Gasteiger partial charge in [-0.3, -0.25) is 0 Å². The van der Waals surface area contributed by atoms with Gasteiger partial charge < -0.3 is 0 Å². The van der Waals surface area contributed by atoms with Crippen LogP contribution in [0.1, 0.15) is 5.56 Å². The molecule has 3 rings (SSSR count). The zero-order valence-electron chi connectivity index (χ0n) is 9.93. The molecule has 0 aliphatic rings. The molecule has 0 heteroatoms. The second-order valence-electron chi connectivity index (χ2n) is 3.92. The number of hydrogen-bond donors (Lipinski definition) is 0. The molecular formula is C17H15. The molecule has 0 aromatic heterocycles. The van der Waals surface area contributed by atoms with Gasteiger partial charge in [0.25, 0.3) is 0 Å². The fourth-order valence-corrected chi connectivity index (χ4v) is 1.60. The Morgan fingerprint density at radius 2 is 1.06 bits per heavy atom. The van der Waals surface area contributed by atoms with E-state index in [1.807, 2.05) is 24.3 Å². The molecule has 0 aliphatic heterocycles. The summed E-state index contributed by atoms with van der Waals surface area (Å²) in [6, 6.07) is 27.5. The third kappa shape index (κ3) is 3.46. The van der Waals surface area contributed by atoms with Crippen molar-refractivity contribution >= 4 is 10.8 Å². The van der Waals surface area contributed by atoms with Gasteiger partial charge in [0.2, 0.25) is 0 Å². The smallest absolute Gasteiger partial charge is 0.0184 e. The SMILES string of the molecule is Cc1cc[c]cc1.c1ccc2ccccc2c1. The quantitative estimate of drug-likeness (QED) is 0.517. The van der Waals surface area contributed by atoms with Crippen LogP contribution in [-0.2, 0) is 0 Å². The van der Waals surface area contributed by atoms with E-state index in [4.69, 9.17) is 0 Å². The van der Waals surface area contributed by atoms with Crippen LogP contribution in [0, 0.1) is 13.0 Å². The molecule has 0 atom stereocenters. The molecule has 0 bridgehead atoms. The molecule has 0 saturated heterocycles. The molecule has 17 heavy (non-hydrogen) atoms. The third-order valence-corrected chi connectivity index (χ3v) is 2.54. The predicted molar refractivity (Wildman–Crippen MR) is 74.0 cm³/mol. The van der Waals surface area contributed by atoms with Gasteiger partial charge in [-0.2, -0.15) is 0 Å². The Morgan fingerprint density at radius 1 is 0.647 bits per heavy atom. The van der Waals surface area contributed by atoms with E-state index in [-0.39, 0.29) is 0 Å². The van der Waals surface area contributed by atoms with Gasteiger partial charge in [0.05, 0.1) is 0 Å². The maximum Gasteiger partial charge on any atom is -0.0184 e. The van der Waals surface area contributed by atoms with Crippen molar-refractivity contribution in [2.24, 2.45) is 0 Å². The second-order valence-corrected chi connectivity index (χ2v) is 3.92. The Morgan fingerprint density at radius 3 is 1.35 bits per heavy atom. The Labute approximate surface area is 103 Å². The normalized spacial score (nSPS) is 9.47. The largest absolute Gasteiger partial charge is 0.0616 e. The first-order valence-corrected chi connectivity index (χ1v) is 5.73. The fraction of sp³-hybridized carbons (Fsp3) is 0.0588. The van der Waals surface area contributed by atoms with E-state index in [0.29, 0.717) is 0 Å². The first-order chi connectivity index (χ1) is 8.36. The highest BCUT2D eigenvalue weighted by Gasteiger charge is 1.85. The molecule has 3 aromatic carbocycles. The summed E-state index contributed by atoms with van der Waals surface area (Å²) in [6.07, 6.45) is 0. The monoisotopic (exact) mass is 219 g/mol. The summed E-state index contributed by atoms with van der Waals surface area (Å²) >= 11 is 0. The first kappa shape index (κ1) is 11.4. The van der Waals surface area contributed by atoms with Crippen LogP contribution in [-0.4, -0.2) is 0 Å². The molecule has 0 spiro atoms. The van der Waals surface area contributed by atoms with E-state index in [2.05, 4.69) is 61.5 Å². The predicted octanol–water partition coefficient (Wildman–Crippen LogP) is 4.64. The summed E-state index contributed by atoms with van der Waals surface area (Å²) in [6.45, 7) is 2.06. The molecule has 3 aromatic rings. The molecule has 0 N–H and O–H groups in total. The van der Waals surface area contributed by atoms with E-state index in [1.165, 1.54) is 16.3 Å². The Kier molecular flexibility index (Phi) is 3.93. The summed E-state index contributed by atoms with van der Waals surface area (Å²) in [5.74, 6) is 0. The van der Waals surface area contributed by atoms with Crippen LogP contribution in [0.2, 0.25) is 0 Å². The Bertz CT molecular complexity index is 502. The van der Waals surface area contributed by atoms with Gasteiger partial charge in [0.1, 0.15) is 0 Å². The van der Waals surface area contributed by atoms with E-state index < -0.39 is 0 Å². The molecule has 0 aliphatic carbocycles. The summed E-state index contributed by atoms with van der Waals surface area (Å²) in [4.78, 5) is 0. The minimum atomic E-state index is 1.29. The van der Waals surface area contributed by atoms with Crippen LogP contribution in [0.4, 0.5) is 0 Å². The number of hydrogen-bond acceptors (Lipinski definition) is 0. The molecule has 0 amide bonds. The lowest BCUT2D eigenvalue weighted by atomic mass is 10.1. The number of rotatable bonds is 0. The summed E-state index contributed by atoms with van der Waals surface area (Å²) in [5.41, 5.74) is 1.29. The highest BCUT2D eigenvalue weighted by Crippen LogP contribution is 2.11. The van der Waals surface area contributed by atoms with Crippen molar-refractivity contribution in [3.63, 3.8) is 0 Å². The first-order valence-electron chi connectivity index (χ1n) is 5.73. The highest BCUT2D eigenvalue weighted by molar-refractivity contribution is 5.81. The van der Waals surface area contributed by atoms with Crippen molar-refractivity contribution in [3.05, 3.63) is 84.4 Å². The standard InChI is InChI=1S/C10H8.C7H7/c1-2-6-10-8-4-3-7-9(10)5-1;1-7-5-3-2-4-6-7/h1-8H;3-6H,1H3. The molecule has 83 valence electrons. The van der Waals surface area contributed by atoms with E-state index >= 15 is 0 Å². The molecule has 0 nitrogen and oxygen atoms in total. The number of aryl methyl sites for hydroxylation is 1. The van der Waals surface area contributed by atoms with Gasteiger partial charge in [-0.25, -0.2) is 0 Å². The van der Waals surface area contributed by atoms with Gasteiger partial charge in [-0.05, 0) is 23.8 Å². The van der Waals surface area contributed by atoms with Crippen molar-refractivity contribution in [2.75, 3.05) is 0 Å². The van der Waals surface area contributed by atoms with Crippen molar-refractivity contribution < 1.29 is 0 Å². The van der Waals surface area contributed by atoms with Crippen molar-refractivity contribution in [1.29, 1.82) is 0 Å². The highest BCUT2D eigenvalue weighted by atomic mass is 13.9. The average Bonchev–Trinajstić information content (AvgIpc) is 2.41. The molecule has 0 unspecified atom stereocenters. The lowest BCUT2D eigenvalue weighted by Crippen LogP contribution is -1.67. The number of fused-ring (bicyclic) bond motifs is 1. The number of benzene rings is 3. The van der Waals surface area contributed by atoms with E-state index in [9.17, 15) is 0 Å². The van der Waals surface area contributed by atoms with Crippen molar-refractivity contribution in [3.8, 4) is 0 Å². The summed E-state index contributed by atoms with van der Waals surface area (Å²) in [5, 5.41) is 2.62. The lowest BCUT2D eigenvalue weighted by molar-refractivity contribution is 1.47. The fourth-order valence-electron chi connectivity index (χ4n) is 1.60. The minimum absolute atomic E-state index is 1.29. The van der Waals surface area contributed by atoms with Crippen LogP contribution in [0.15, 0.2) is 72.8 Å². The van der Waals surface area contributed by atoms with Crippen LogP contribution in [0.25, 0.3) is 10.8 Å². The van der Waals surface area contributed by atoms with E-state index in [1.54, 1.807) is 0 Å². The van der Waals surface area contributed by atoms with Crippen LogP contribution >= 0.6 is 0 Å². The van der Waals surface area contributed by atoms with Gasteiger partial charge in [-0.15, -0.1) is 0 Å². The van der Waals surface area contributed by atoms with Crippen LogP contribution in [0.5, 0.6) is 0 Å². The third-order valence-electron chi connectivity index (χ3n) is 2.54. The van der Waals surface area contributed by atoms with Gasteiger partial charge in [-0.1, -0.05) is 78.4 Å². The van der Waals surface area contributed by atoms with Gasteiger partial charge >= 0.3 is 0 Å². The van der Waals surface area contributed by atoms with Gasteiger partial charge in [0, 0.05) is 0 Å². The van der Waals surface area contributed by atoms with Gasteiger partial charge in [0.15, 0.2) is 0 Å².